The number of aromatic nitrogens is 4. The molecule has 0 saturated heterocycles. The average Bonchev–Trinajstić information content (AvgIpc) is 2.74. The Morgan fingerprint density at radius 3 is 2.50 bits per heavy atom. The van der Waals surface area contributed by atoms with Crippen molar-refractivity contribution < 1.29 is 9.90 Å². The van der Waals surface area contributed by atoms with E-state index in [0.29, 0.717) is 0 Å². The van der Waals surface area contributed by atoms with Gasteiger partial charge in [-0.25, -0.2) is 4.68 Å². The molecule has 2 heterocycles. The van der Waals surface area contributed by atoms with Crippen molar-refractivity contribution in [2.45, 2.75) is 0 Å². The van der Waals surface area contributed by atoms with Crippen LogP contribution in [0.4, 0.5) is 11.5 Å². The lowest BCUT2D eigenvalue weighted by Gasteiger charge is -2.08. The van der Waals surface area contributed by atoms with Crippen LogP contribution in [0.5, 0.6) is 5.75 Å². The number of anilines is 2. The fraction of sp³-hybridized carbons (Fsp3) is 0.273. The van der Waals surface area contributed by atoms with Crippen molar-refractivity contribution in [3.8, 4) is 5.75 Å². The molecule has 10 nitrogen and oxygen atoms in total. The lowest BCUT2D eigenvalue weighted by atomic mass is 10.3. The minimum Gasteiger partial charge on any atom is -0.503 e. The van der Waals surface area contributed by atoms with Crippen LogP contribution in [0.1, 0.15) is 10.5 Å². The number of rotatable bonds is 3. The van der Waals surface area contributed by atoms with Crippen LogP contribution in [0.15, 0.2) is 14.1 Å². The highest BCUT2D eigenvalue weighted by molar-refractivity contribution is 9.10. The van der Waals surface area contributed by atoms with E-state index in [4.69, 9.17) is 0 Å². The molecule has 0 unspecified atom stereocenters. The van der Waals surface area contributed by atoms with Gasteiger partial charge in [-0.05, 0) is 15.9 Å². The van der Waals surface area contributed by atoms with E-state index < -0.39 is 22.8 Å². The number of hydrogen-bond acceptors (Lipinski definition) is 6. The molecule has 0 atom stereocenters. The number of nitrogens with zero attached hydrogens (tertiary/aromatic N) is 3. The molecule has 0 aromatic carbocycles. The normalized spacial score (nSPS) is 10.5. The Kier molecular flexibility index (Phi) is 4.08. The first kappa shape index (κ1) is 15.8. The Morgan fingerprint density at radius 2 is 1.91 bits per heavy atom. The maximum absolute atomic E-state index is 11.9. The number of carbonyl (C=O) groups is 1. The van der Waals surface area contributed by atoms with Crippen molar-refractivity contribution in [2.75, 3.05) is 19.4 Å². The van der Waals surface area contributed by atoms with Crippen LogP contribution in [0.2, 0.25) is 0 Å². The van der Waals surface area contributed by atoms with Crippen LogP contribution in [0, 0.1) is 0 Å². The summed E-state index contributed by atoms with van der Waals surface area (Å²) in [7, 11) is 4.51. The maximum atomic E-state index is 11.9. The molecule has 0 saturated carbocycles. The molecule has 1 amide bonds. The van der Waals surface area contributed by atoms with Crippen molar-refractivity contribution in [2.24, 2.45) is 7.05 Å². The van der Waals surface area contributed by atoms with Gasteiger partial charge in [-0.2, -0.15) is 5.10 Å². The second kappa shape index (κ2) is 5.67. The Morgan fingerprint density at radius 1 is 1.32 bits per heavy atom. The zero-order valence-corrected chi connectivity index (χ0v) is 13.5. The van der Waals surface area contributed by atoms with Gasteiger partial charge in [0.15, 0.2) is 17.3 Å². The number of amides is 1. The Labute approximate surface area is 131 Å². The van der Waals surface area contributed by atoms with E-state index in [9.17, 15) is 19.5 Å². The van der Waals surface area contributed by atoms with Gasteiger partial charge in [0.05, 0.1) is 0 Å². The summed E-state index contributed by atoms with van der Waals surface area (Å²) in [4.78, 5) is 36.4. The second-order valence-electron chi connectivity index (χ2n) is 4.59. The molecular weight excluding hydrogens is 360 g/mol. The molecular formula is C11H13BrN6O4. The summed E-state index contributed by atoms with van der Waals surface area (Å²) in [5, 5.41) is 20.9. The van der Waals surface area contributed by atoms with Gasteiger partial charge in [0.2, 0.25) is 0 Å². The molecule has 4 N–H and O–H groups in total. The standard InChI is InChI=1S/C11H13BrN6O4/c1-17(2)11(22)6-7(19)8(18(3)16-6)13-5-4(12)9(20)14-15-10(5)21/h19H,1-3H3,(H,15,21)(H2,13,14,20). The molecule has 0 aliphatic carbocycles. The van der Waals surface area contributed by atoms with Gasteiger partial charge in [0.25, 0.3) is 17.0 Å². The first-order valence-electron chi connectivity index (χ1n) is 5.99. The summed E-state index contributed by atoms with van der Waals surface area (Å²) >= 11 is 2.98. The summed E-state index contributed by atoms with van der Waals surface area (Å²) < 4.78 is 1.15. The average molecular weight is 373 g/mol. The topological polar surface area (TPSA) is 136 Å². The summed E-state index contributed by atoms with van der Waals surface area (Å²) in [5.41, 5.74) is -1.47. The fourth-order valence-corrected chi connectivity index (χ4v) is 2.06. The molecule has 11 heteroatoms. The van der Waals surface area contributed by atoms with Crippen molar-refractivity contribution in [1.29, 1.82) is 0 Å². The molecule has 0 bridgehead atoms. The molecule has 0 fully saturated rings. The van der Waals surface area contributed by atoms with Crippen molar-refractivity contribution in [3.05, 3.63) is 30.9 Å². The van der Waals surface area contributed by atoms with E-state index in [-0.39, 0.29) is 21.7 Å². The molecule has 0 spiro atoms. The number of H-pyrrole nitrogens is 2. The minimum atomic E-state index is -0.618. The largest absolute Gasteiger partial charge is 0.503 e. The van der Waals surface area contributed by atoms with Gasteiger partial charge in [0, 0.05) is 21.1 Å². The number of aromatic amines is 2. The third-order valence-corrected chi connectivity index (χ3v) is 3.57. The highest BCUT2D eigenvalue weighted by Gasteiger charge is 2.24. The lowest BCUT2D eigenvalue weighted by molar-refractivity contribution is 0.0818. The van der Waals surface area contributed by atoms with E-state index >= 15 is 0 Å². The highest BCUT2D eigenvalue weighted by Crippen LogP contribution is 2.30. The van der Waals surface area contributed by atoms with Crippen molar-refractivity contribution >= 4 is 33.3 Å². The number of aromatic hydroxyl groups is 1. The zero-order chi connectivity index (χ0) is 16.6. The van der Waals surface area contributed by atoms with Gasteiger partial charge in [-0.3, -0.25) is 24.6 Å². The molecule has 22 heavy (non-hydrogen) atoms. The van der Waals surface area contributed by atoms with E-state index in [1.54, 1.807) is 0 Å². The third kappa shape index (κ3) is 2.62. The van der Waals surface area contributed by atoms with Crippen LogP contribution < -0.4 is 16.4 Å². The Balaban J connectivity index is 2.53. The molecule has 2 rings (SSSR count). The van der Waals surface area contributed by atoms with Gasteiger partial charge in [0.1, 0.15) is 10.2 Å². The molecule has 0 aliphatic rings. The Bertz CT molecular complexity index is 849. The fourth-order valence-electron chi connectivity index (χ4n) is 1.68. The first-order valence-corrected chi connectivity index (χ1v) is 6.78. The summed E-state index contributed by atoms with van der Waals surface area (Å²) in [6, 6.07) is 0. The Hall–Kier alpha value is -2.56. The molecule has 118 valence electrons. The minimum absolute atomic E-state index is 0.00185. The van der Waals surface area contributed by atoms with Crippen LogP contribution in [0.25, 0.3) is 0 Å². The summed E-state index contributed by atoms with van der Waals surface area (Å²) in [5.74, 6) is -0.921. The van der Waals surface area contributed by atoms with E-state index in [2.05, 4.69) is 36.5 Å². The summed E-state index contributed by atoms with van der Waals surface area (Å²) in [6.45, 7) is 0. The van der Waals surface area contributed by atoms with Crippen LogP contribution in [-0.4, -0.2) is 50.0 Å². The van der Waals surface area contributed by atoms with Crippen LogP contribution >= 0.6 is 15.9 Å². The maximum Gasteiger partial charge on any atom is 0.287 e. The van der Waals surface area contributed by atoms with Crippen LogP contribution in [0.3, 0.4) is 0 Å². The summed E-state index contributed by atoms with van der Waals surface area (Å²) in [6.07, 6.45) is 0. The quantitative estimate of drug-likeness (QED) is 0.584. The number of carbonyl (C=O) groups excluding carboxylic acids is 1. The number of aryl methyl sites for hydroxylation is 1. The lowest BCUT2D eigenvalue weighted by Crippen LogP contribution is -2.23. The van der Waals surface area contributed by atoms with Gasteiger partial charge >= 0.3 is 0 Å². The van der Waals surface area contributed by atoms with Gasteiger partial charge in [-0.15, -0.1) is 0 Å². The molecule has 0 aliphatic heterocycles. The predicted octanol–water partition coefficient (Wildman–Crippen LogP) is -0.290. The third-order valence-electron chi connectivity index (χ3n) is 2.81. The van der Waals surface area contributed by atoms with E-state index in [0.717, 1.165) is 0 Å². The van der Waals surface area contributed by atoms with Crippen LogP contribution in [-0.2, 0) is 7.05 Å². The zero-order valence-electron chi connectivity index (χ0n) is 11.9. The van der Waals surface area contributed by atoms with Gasteiger partial charge < -0.3 is 15.3 Å². The number of halogens is 1. The van der Waals surface area contributed by atoms with Crippen molar-refractivity contribution in [1.82, 2.24) is 24.9 Å². The van der Waals surface area contributed by atoms with Gasteiger partial charge in [-0.1, -0.05) is 0 Å². The second-order valence-corrected chi connectivity index (χ2v) is 5.38. The molecule has 2 aromatic heterocycles. The molecule has 0 radical (unpaired) electrons. The molecule has 2 aromatic rings. The monoisotopic (exact) mass is 372 g/mol. The van der Waals surface area contributed by atoms with E-state index in [1.807, 2.05) is 0 Å². The SMILES string of the molecule is CN(C)C(=O)c1nn(C)c(Nc2c(Br)c(=O)[nH][nH]c2=O)c1O. The predicted molar refractivity (Wildman–Crippen MR) is 81.6 cm³/mol. The van der Waals surface area contributed by atoms with Crippen molar-refractivity contribution in [3.63, 3.8) is 0 Å². The number of nitrogens with one attached hydrogen (secondary N) is 3. The smallest absolute Gasteiger partial charge is 0.287 e. The number of hydrogen-bond donors (Lipinski definition) is 4. The van der Waals surface area contributed by atoms with E-state index in [1.165, 1.54) is 30.7 Å². The first-order chi connectivity index (χ1) is 10.2. The highest BCUT2D eigenvalue weighted by atomic mass is 79.9.